The van der Waals surface area contributed by atoms with Crippen LogP contribution in [0.4, 0.5) is 5.82 Å². The molecule has 1 aliphatic heterocycles. The molecule has 0 radical (unpaired) electrons. The standard InChI is InChI=1S/C13H21N5O/c1-13(2)9-18(8-7-14-13)11-6-5-10(15-16-11)12(19)17(3)4/h5-6,14H,7-9H2,1-4H3. The number of hydrogen-bond acceptors (Lipinski definition) is 5. The van der Waals surface area contributed by atoms with Gasteiger partial charge in [-0.25, -0.2) is 0 Å². The van der Waals surface area contributed by atoms with Crippen molar-refractivity contribution in [2.24, 2.45) is 0 Å². The molecule has 104 valence electrons. The number of nitrogens with zero attached hydrogens (tertiary/aromatic N) is 4. The van der Waals surface area contributed by atoms with Crippen LogP contribution in [0.3, 0.4) is 0 Å². The van der Waals surface area contributed by atoms with Crippen LogP contribution >= 0.6 is 0 Å². The van der Waals surface area contributed by atoms with Gasteiger partial charge in [0.15, 0.2) is 11.5 Å². The molecular formula is C13H21N5O. The van der Waals surface area contributed by atoms with Crippen molar-refractivity contribution in [3.63, 3.8) is 0 Å². The second-order valence-corrected chi connectivity index (χ2v) is 5.71. The summed E-state index contributed by atoms with van der Waals surface area (Å²) in [5, 5.41) is 11.6. The molecule has 1 aromatic heterocycles. The van der Waals surface area contributed by atoms with Crippen molar-refractivity contribution in [2.75, 3.05) is 38.6 Å². The fourth-order valence-corrected chi connectivity index (χ4v) is 2.17. The Kier molecular flexibility index (Phi) is 3.71. The summed E-state index contributed by atoms with van der Waals surface area (Å²) in [4.78, 5) is 15.4. The molecule has 1 saturated heterocycles. The normalized spacial score (nSPS) is 18.2. The molecule has 1 aromatic rings. The molecule has 0 atom stereocenters. The second kappa shape index (κ2) is 5.13. The van der Waals surface area contributed by atoms with Crippen LogP contribution in [-0.4, -0.2) is 60.3 Å². The number of piperazine rings is 1. The van der Waals surface area contributed by atoms with Crippen LogP contribution in [0.25, 0.3) is 0 Å². The summed E-state index contributed by atoms with van der Waals surface area (Å²) < 4.78 is 0. The molecule has 0 aromatic carbocycles. The van der Waals surface area contributed by atoms with E-state index in [2.05, 4.69) is 34.3 Å². The Morgan fingerprint density at radius 2 is 2.11 bits per heavy atom. The van der Waals surface area contributed by atoms with Gasteiger partial charge in [0.25, 0.3) is 5.91 Å². The van der Waals surface area contributed by atoms with E-state index in [-0.39, 0.29) is 11.4 Å². The maximum absolute atomic E-state index is 11.7. The molecule has 0 spiro atoms. The van der Waals surface area contributed by atoms with Gasteiger partial charge in [-0.1, -0.05) is 0 Å². The average Bonchev–Trinajstić information content (AvgIpc) is 2.37. The van der Waals surface area contributed by atoms with E-state index < -0.39 is 0 Å². The van der Waals surface area contributed by atoms with Crippen LogP contribution in [0.1, 0.15) is 24.3 Å². The Morgan fingerprint density at radius 3 is 2.63 bits per heavy atom. The zero-order valence-corrected chi connectivity index (χ0v) is 12.0. The van der Waals surface area contributed by atoms with E-state index in [9.17, 15) is 4.79 Å². The Morgan fingerprint density at radius 1 is 1.37 bits per heavy atom. The van der Waals surface area contributed by atoms with Gasteiger partial charge in [0.05, 0.1) is 0 Å². The van der Waals surface area contributed by atoms with Crippen LogP contribution in [0.2, 0.25) is 0 Å². The monoisotopic (exact) mass is 263 g/mol. The summed E-state index contributed by atoms with van der Waals surface area (Å²) in [7, 11) is 3.41. The molecule has 0 bridgehead atoms. The fraction of sp³-hybridized carbons (Fsp3) is 0.615. The van der Waals surface area contributed by atoms with Gasteiger partial charge in [0, 0.05) is 39.3 Å². The Bertz CT molecular complexity index is 455. The maximum atomic E-state index is 11.7. The lowest BCUT2D eigenvalue weighted by molar-refractivity contribution is 0.0821. The molecule has 6 nitrogen and oxygen atoms in total. The van der Waals surface area contributed by atoms with E-state index in [4.69, 9.17) is 0 Å². The van der Waals surface area contributed by atoms with Crippen LogP contribution in [-0.2, 0) is 0 Å². The number of carbonyl (C=O) groups excluding carboxylic acids is 1. The predicted octanol–water partition coefficient (Wildman–Crippen LogP) is 0.367. The van der Waals surface area contributed by atoms with Gasteiger partial charge in [-0.15, -0.1) is 10.2 Å². The minimum absolute atomic E-state index is 0.0675. The van der Waals surface area contributed by atoms with Gasteiger partial charge in [-0.05, 0) is 26.0 Å². The van der Waals surface area contributed by atoms with Crippen molar-refractivity contribution < 1.29 is 4.79 Å². The predicted molar refractivity (Wildman–Crippen MR) is 74.3 cm³/mol. The SMILES string of the molecule is CN(C)C(=O)c1ccc(N2CCNC(C)(C)C2)nn1. The molecule has 0 unspecified atom stereocenters. The van der Waals surface area contributed by atoms with Crippen LogP contribution < -0.4 is 10.2 Å². The largest absolute Gasteiger partial charge is 0.352 e. The van der Waals surface area contributed by atoms with Crippen molar-refractivity contribution in [1.29, 1.82) is 0 Å². The molecule has 1 fully saturated rings. The van der Waals surface area contributed by atoms with Gasteiger partial charge >= 0.3 is 0 Å². The lowest BCUT2D eigenvalue weighted by Gasteiger charge is -2.39. The highest BCUT2D eigenvalue weighted by Crippen LogP contribution is 2.17. The number of aromatic nitrogens is 2. The van der Waals surface area contributed by atoms with Crippen LogP contribution in [0.15, 0.2) is 12.1 Å². The maximum Gasteiger partial charge on any atom is 0.273 e. The summed E-state index contributed by atoms with van der Waals surface area (Å²) in [5.41, 5.74) is 0.445. The molecule has 1 aliphatic rings. The Balaban J connectivity index is 2.12. The van der Waals surface area contributed by atoms with Crippen LogP contribution in [0, 0.1) is 0 Å². The number of amides is 1. The van der Waals surface area contributed by atoms with Crippen molar-refractivity contribution in [1.82, 2.24) is 20.4 Å². The zero-order chi connectivity index (χ0) is 14.0. The first kappa shape index (κ1) is 13.7. The summed E-state index contributed by atoms with van der Waals surface area (Å²) >= 11 is 0. The highest BCUT2D eigenvalue weighted by atomic mass is 16.2. The lowest BCUT2D eigenvalue weighted by Crippen LogP contribution is -2.57. The summed E-state index contributed by atoms with van der Waals surface area (Å²) in [5.74, 6) is 0.699. The first-order chi connectivity index (χ1) is 8.89. The molecule has 19 heavy (non-hydrogen) atoms. The summed E-state index contributed by atoms with van der Waals surface area (Å²) in [6.45, 7) is 7.03. The molecule has 1 amide bonds. The molecule has 6 heteroatoms. The molecular weight excluding hydrogens is 242 g/mol. The minimum Gasteiger partial charge on any atom is -0.352 e. The van der Waals surface area contributed by atoms with Crippen molar-refractivity contribution >= 4 is 11.7 Å². The van der Waals surface area contributed by atoms with Gasteiger partial charge in [0.1, 0.15) is 0 Å². The van der Waals surface area contributed by atoms with Gasteiger partial charge in [0.2, 0.25) is 0 Å². The average molecular weight is 263 g/mol. The van der Waals surface area contributed by atoms with Gasteiger partial charge < -0.3 is 15.1 Å². The quantitative estimate of drug-likeness (QED) is 0.835. The number of nitrogens with one attached hydrogen (secondary N) is 1. The van der Waals surface area contributed by atoms with Crippen molar-refractivity contribution in [3.05, 3.63) is 17.8 Å². The van der Waals surface area contributed by atoms with E-state index in [0.29, 0.717) is 5.69 Å². The number of anilines is 1. The number of carbonyl (C=O) groups is 1. The van der Waals surface area contributed by atoms with Crippen molar-refractivity contribution in [2.45, 2.75) is 19.4 Å². The highest BCUT2D eigenvalue weighted by molar-refractivity contribution is 5.91. The topological polar surface area (TPSA) is 61.4 Å². The first-order valence-corrected chi connectivity index (χ1v) is 6.44. The zero-order valence-electron chi connectivity index (χ0n) is 12.0. The number of hydrogen-bond donors (Lipinski definition) is 1. The number of rotatable bonds is 2. The summed E-state index contributed by atoms with van der Waals surface area (Å²) in [6.07, 6.45) is 0. The van der Waals surface area contributed by atoms with Crippen molar-refractivity contribution in [3.8, 4) is 0 Å². The second-order valence-electron chi connectivity index (χ2n) is 5.71. The third kappa shape index (κ3) is 3.20. The first-order valence-electron chi connectivity index (χ1n) is 6.44. The molecule has 0 aliphatic carbocycles. The molecule has 2 rings (SSSR count). The van der Waals surface area contributed by atoms with E-state index in [1.807, 2.05) is 6.07 Å². The lowest BCUT2D eigenvalue weighted by atomic mass is 10.0. The minimum atomic E-state index is -0.125. The molecule has 1 N–H and O–H groups in total. The summed E-state index contributed by atoms with van der Waals surface area (Å²) in [6, 6.07) is 3.60. The molecule has 2 heterocycles. The van der Waals surface area contributed by atoms with Crippen LogP contribution in [0.5, 0.6) is 0 Å². The highest BCUT2D eigenvalue weighted by Gasteiger charge is 2.26. The van der Waals surface area contributed by atoms with Gasteiger partial charge in [-0.2, -0.15) is 0 Å². The molecule has 0 saturated carbocycles. The third-order valence-corrected chi connectivity index (χ3v) is 3.17. The third-order valence-electron chi connectivity index (χ3n) is 3.17. The van der Waals surface area contributed by atoms with E-state index in [1.165, 1.54) is 4.90 Å². The Hall–Kier alpha value is -1.69. The van der Waals surface area contributed by atoms with Gasteiger partial charge in [-0.3, -0.25) is 4.79 Å². The Labute approximate surface area is 113 Å². The smallest absolute Gasteiger partial charge is 0.273 e. The fourth-order valence-electron chi connectivity index (χ4n) is 2.17. The van der Waals surface area contributed by atoms with E-state index >= 15 is 0 Å². The van der Waals surface area contributed by atoms with E-state index in [0.717, 1.165) is 25.5 Å². The van der Waals surface area contributed by atoms with E-state index in [1.54, 1.807) is 20.2 Å².